The van der Waals surface area contributed by atoms with E-state index >= 15 is 0 Å². The van der Waals surface area contributed by atoms with Crippen molar-refractivity contribution in [2.45, 2.75) is 31.7 Å². The maximum absolute atomic E-state index is 12.3. The monoisotopic (exact) mass is 365 g/mol. The largest absolute Gasteiger partial charge is 0.481 e. The zero-order chi connectivity index (χ0) is 19.0. The van der Waals surface area contributed by atoms with Gasteiger partial charge in [-0.15, -0.1) is 0 Å². The summed E-state index contributed by atoms with van der Waals surface area (Å²) >= 11 is 0. The van der Waals surface area contributed by atoms with Gasteiger partial charge in [-0.25, -0.2) is 4.79 Å². The van der Waals surface area contributed by atoms with E-state index in [0.29, 0.717) is 5.92 Å². The Kier molecular flexibility index (Phi) is 4.60. The molecule has 1 saturated carbocycles. The van der Waals surface area contributed by atoms with E-state index in [1.54, 1.807) is 0 Å². The van der Waals surface area contributed by atoms with Crippen LogP contribution in [0.1, 0.15) is 36.8 Å². The van der Waals surface area contributed by atoms with Gasteiger partial charge in [0, 0.05) is 12.0 Å². The van der Waals surface area contributed by atoms with Crippen LogP contribution < -0.4 is 5.32 Å². The van der Waals surface area contributed by atoms with Crippen molar-refractivity contribution in [1.29, 1.82) is 0 Å². The molecule has 0 radical (unpaired) electrons. The highest BCUT2D eigenvalue weighted by atomic mass is 16.5. The molecule has 0 aromatic heterocycles. The topological polar surface area (TPSA) is 75.6 Å². The minimum Gasteiger partial charge on any atom is -0.481 e. The molecule has 2 aromatic carbocycles. The third kappa shape index (κ3) is 3.54. The number of benzene rings is 2. The molecule has 2 N–H and O–H groups in total. The van der Waals surface area contributed by atoms with Crippen molar-refractivity contribution in [3.8, 4) is 11.1 Å². The molecule has 2 aliphatic carbocycles. The van der Waals surface area contributed by atoms with E-state index in [1.165, 1.54) is 11.1 Å². The number of aliphatic carboxylic acids is 1. The number of rotatable bonds is 6. The molecule has 2 aliphatic rings. The van der Waals surface area contributed by atoms with Crippen molar-refractivity contribution < 1.29 is 19.4 Å². The van der Waals surface area contributed by atoms with Gasteiger partial charge < -0.3 is 15.2 Å². The molecule has 2 unspecified atom stereocenters. The molecule has 3 atom stereocenters. The van der Waals surface area contributed by atoms with Crippen molar-refractivity contribution in [2.75, 3.05) is 6.61 Å². The number of carboxylic acids is 1. The number of nitrogens with one attached hydrogen (secondary N) is 1. The summed E-state index contributed by atoms with van der Waals surface area (Å²) in [6.07, 6.45) is 0.336. The van der Waals surface area contributed by atoms with Gasteiger partial charge in [-0.1, -0.05) is 55.5 Å². The van der Waals surface area contributed by atoms with Gasteiger partial charge in [0.05, 0.1) is 6.42 Å². The second kappa shape index (κ2) is 7.06. The van der Waals surface area contributed by atoms with Crippen LogP contribution in [0.15, 0.2) is 48.5 Å². The lowest BCUT2D eigenvalue weighted by atomic mass is 9.98. The van der Waals surface area contributed by atoms with Gasteiger partial charge in [0.2, 0.25) is 0 Å². The third-order valence-electron chi connectivity index (χ3n) is 5.73. The third-order valence-corrected chi connectivity index (χ3v) is 5.73. The van der Waals surface area contributed by atoms with E-state index in [0.717, 1.165) is 17.5 Å². The smallest absolute Gasteiger partial charge is 0.407 e. The first-order chi connectivity index (χ1) is 13.0. The fourth-order valence-corrected chi connectivity index (χ4v) is 4.20. The molecule has 1 fully saturated rings. The van der Waals surface area contributed by atoms with Crippen molar-refractivity contribution in [3.63, 3.8) is 0 Å². The summed E-state index contributed by atoms with van der Waals surface area (Å²) in [7, 11) is 0. The lowest BCUT2D eigenvalue weighted by Crippen LogP contribution is -2.39. The molecule has 0 saturated heterocycles. The normalized spacial score (nSPS) is 21.1. The molecule has 0 bridgehead atoms. The quantitative estimate of drug-likeness (QED) is 0.811. The van der Waals surface area contributed by atoms with Crippen molar-refractivity contribution in [1.82, 2.24) is 5.32 Å². The second-order valence-electron chi connectivity index (χ2n) is 7.55. The molecule has 1 amide bonds. The highest BCUT2D eigenvalue weighted by Crippen LogP contribution is 2.44. The molecule has 2 aromatic rings. The fraction of sp³-hybridized carbons (Fsp3) is 0.364. The predicted molar refractivity (Wildman–Crippen MR) is 102 cm³/mol. The van der Waals surface area contributed by atoms with Crippen LogP contribution in [0.2, 0.25) is 0 Å². The summed E-state index contributed by atoms with van der Waals surface area (Å²) in [4.78, 5) is 23.4. The Morgan fingerprint density at radius 1 is 1.11 bits per heavy atom. The van der Waals surface area contributed by atoms with E-state index < -0.39 is 12.1 Å². The molecule has 140 valence electrons. The zero-order valence-electron chi connectivity index (χ0n) is 15.2. The van der Waals surface area contributed by atoms with E-state index in [9.17, 15) is 9.59 Å². The van der Waals surface area contributed by atoms with Gasteiger partial charge in [0.15, 0.2) is 0 Å². The summed E-state index contributed by atoms with van der Waals surface area (Å²) in [5.41, 5.74) is 4.67. The van der Waals surface area contributed by atoms with Gasteiger partial charge in [0.25, 0.3) is 0 Å². The Morgan fingerprint density at radius 2 is 1.67 bits per heavy atom. The van der Waals surface area contributed by atoms with Crippen LogP contribution in [0.5, 0.6) is 0 Å². The number of hydrogen-bond donors (Lipinski definition) is 2. The number of hydrogen-bond acceptors (Lipinski definition) is 3. The molecule has 4 rings (SSSR count). The van der Waals surface area contributed by atoms with Gasteiger partial charge >= 0.3 is 12.1 Å². The Hall–Kier alpha value is -2.82. The fourth-order valence-electron chi connectivity index (χ4n) is 4.20. The SMILES string of the molecule is CC1CC1[C@@H](CC(=O)O)NC(=O)OCC1c2ccccc2-c2ccccc21. The molecule has 27 heavy (non-hydrogen) atoms. The predicted octanol–water partition coefficient (Wildman–Crippen LogP) is 4.02. The molecular weight excluding hydrogens is 342 g/mol. The highest BCUT2D eigenvalue weighted by Gasteiger charge is 2.41. The number of ether oxygens (including phenoxy) is 1. The van der Waals surface area contributed by atoms with Crippen molar-refractivity contribution in [2.24, 2.45) is 11.8 Å². The number of amides is 1. The minimum atomic E-state index is -0.905. The van der Waals surface area contributed by atoms with E-state index in [1.807, 2.05) is 24.3 Å². The summed E-state index contributed by atoms with van der Waals surface area (Å²) in [5.74, 6) is -0.233. The van der Waals surface area contributed by atoms with Crippen LogP contribution in [0.25, 0.3) is 11.1 Å². The maximum Gasteiger partial charge on any atom is 0.407 e. The Bertz CT molecular complexity index is 833. The molecule has 0 heterocycles. The van der Waals surface area contributed by atoms with Gasteiger partial charge in [-0.05, 0) is 40.5 Å². The maximum atomic E-state index is 12.3. The molecule has 5 heteroatoms. The lowest BCUT2D eigenvalue weighted by molar-refractivity contribution is -0.137. The molecule has 0 aliphatic heterocycles. The second-order valence-corrected chi connectivity index (χ2v) is 7.55. The molecule has 0 spiro atoms. The van der Waals surface area contributed by atoms with Crippen LogP contribution in [-0.4, -0.2) is 29.8 Å². The lowest BCUT2D eigenvalue weighted by Gasteiger charge is -2.19. The standard InChI is InChI=1S/C22H23NO4/c1-13-10-18(13)20(11-21(24)25)23-22(26)27-12-19-16-8-4-2-6-14(16)15-7-3-5-9-17(15)19/h2-9,13,18-20H,10-12H2,1H3,(H,23,26)(H,24,25)/t13?,18?,20-/m1/s1. The Balaban J connectivity index is 1.44. The first-order valence-corrected chi connectivity index (χ1v) is 9.38. The number of fused-ring (bicyclic) bond motifs is 3. The molecular formula is C22H23NO4. The van der Waals surface area contributed by atoms with Gasteiger partial charge in [0.1, 0.15) is 6.61 Å². The average Bonchev–Trinajstić information content (AvgIpc) is 3.29. The van der Waals surface area contributed by atoms with E-state index in [4.69, 9.17) is 9.84 Å². The Morgan fingerprint density at radius 3 is 2.19 bits per heavy atom. The van der Waals surface area contributed by atoms with Crippen LogP contribution in [0.4, 0.5) is 4.79 Å². The number of carboxylic acid groups (broad SMARTS) is 1. The van der Waals surface area contributed by atoms with Gasteiger partial charge in [-0.3, -0.25) is 4.79 Å². The van der Waals surface area contributed by atoms with Crippen molar-refractivity contribution in [3.05, 3.63) is 59.7 Å². The van der Waals surface area contributed by atoms with Crippen molar-refractivity contribution >= 4 is 12.1 Å². The average molecular weight is 365 g/mol. The summed E-state index contributed by atoms with van der Waals surface area (Å²) in [6, 6.07) is 16.0. The van der Waals surface area contributed by atoms with Crippen LogP contribution in [0.3, 0.4) is 0 Å². The summed E-state index contributed by atoms with van der Waals surface area (Å²) in [5, 5.41) is 11.9. The van der Waals surface area contributed by atoms with E-state index in [2.05, 4.69) is 36.5 Å². The van der Waals surface area contributed by atoms with Crippen LogP contribution in [0, 0.1) is 11.8 Å². The Labute approximate surface area is 158 Å². The van der Waals surface area contributed by atoms with Gasteiger partial charge in [-0.2, -0.15) is 0 Å². The minimum absolute atomic E-state index is 0.000854. The zero-order valence-corrected chi connectivity index (χ0v) is 15.2. The summed E-state index contributed by atoms with van der Waals surface area (Å²) in [6.45, 7) is 2.30. The number of alkyl carbamates (subject to hydrolysis) is 1. The summed E-state index contributed by atoms with van der Waals surface area (Å²) < 4.78 is 5.52. The van der Waals surface area contributed by atoms with Crippen LogP contribution in [-0.2, 0) is 9.53 Å². The highest BCUT2D eigenvalue weighted by molar-refractivity contribution is 5.79. The number of carbonyl (C=O) groups is 2. The first-order valence-electron chi connectivity index (χ1n) is 9.38. The van der Waals surface area contributed by atoms with Crippen LogP contribution >= 0.6 is 0 Å². The first kappa shape index (κ1) is 17.6. The van der Waals surface area contributed by atoms with E-state index in [-0.39, 0.29) is 30.9 Å². The number of carbonyl (C=O) groups excluding carboxylic acids is 1. The molecule has 5 nitrogen and oxygen atoms in total.